The highest BCUT2D eigenvalue weighted by Gasteiger charge is 2.19. The predicted molar refractivity (Wildman–Crippen MR) is 119 cm³/mol. The minimum Gasteiger partial charge on any atom is -0.309 e. The van der Waals surface area contributed by atoms with Gasteiger partial charge in [-0.1, -0.05) is 29.8 Å². The van der Waals surface area contributed by atoms with Crippen molar-refractivity contribution in [3.63, 3.8) is 0 Å². The number of hydrogen-bond acceptors (Lipinski definition) is 5. The third kappa shape index (κ3) is 3.55. The first-order valence-corrected chi connectivity index (χ1v) is 11.0. The van der Waals surface area contributed by atoms with Gasteiger partial charge < -0.3 is 4.98 Å². The highest BCUT2D eigenvalue weighted by atomic mass is 32.1. The molecule has 0 radical (unpaired) electrons. The Morgan fingerprint density at radius 3 is 2.75 bits per heavy atom. The maximum atomic E-state index is 12.9. The average molecular weight is 410 g/mol. The lowest BCUT2D eigenvalue weighted by molar-refractivity contribution is 0.243. The maximum Gasteiger partial charge on any atom is 0.260 e. The Kier molecular flexibility index (Phi) is 5.19. The van der Waals surface area contributed by atoms with Crippen molar-refractivity contribution in [2.45, 2.75) is 33.4 Å². The molecule has 28 heavy (non-hydrogen) atoms. The number of thiophene rings is 2. The van der Waals surface area contributed by atoms with Crippen LogP contribution in [0.25, 0.3) is 20.7 Å². The SMILES string of the molecule is Cc1ccc(CN(C)[C@@H](C)c2nc3scc(-c4cccs4)c3c(=O)[nH]2)c(C)c1. The Bertz CT molecular complexity index is 1170. The fourth-order valence-corrected chi connectivity index (χ4v) is 5.18. The minimum absolute atomic E-state index is 0.00471. The Morgan fingerprint density at radius 2 is 2.04 bits per heavy atom. The maximum absolute atomic E-state index is 12.9. The summed E-state index contributed by atoms with van der Waals surface area (Å²) in [5.41, 5.74) is 4.77. The molecule has 0 saturated carbocycles. The third-order valence-corrected chi connectivity index (χ3v) is 7.00. The van der Waals surface area contributed by atoms with Gasteiger partial charge in [-0.15, -0.1) is 22.7 Å². The quantitative estimate of drug-likeness (QED) is 0.472. The molecule has 0 unspecified atom stereocenters. The van der Waals surface area contributed by atoms with Gasteiger partial charge in [0, 0.05) is 22.4 Å². The molecule has 4 rings (SSSR count). The van der Waals surface area contributed by atoms with Gasteiger partial charge in [0.05, 0.1) is 11.4 Å². The van der Waals surface area contributed by atoms with E-state index in [1.807, 2.05) is 22.9 Å². The number of aromatic nitrogens is 2. The van der Waals surface area contributed by atoms with Gasteiger partial charge in [-0.05, 0) is 50.4 Å². The van der Waals surface area contributed by atoms with E-state index >= 15 is 0 Å². The first-order chi connectivity index (χ1) is 13.4. The van der Waals surface area contributed by atoms with Gasteiger partial charge in [-0.2, -0.15) is 0 Å². The van der Waals surface area contributed by atoms with Crippen molar-refractivity contribution in [1.82, 2.24) is 14.9 Å². The summed E-state index contributed by atoms with van der Waals surface area (Å²) in [5, 5.41) is 4.76. The number of H-pyrrole nitrogens is 1. The fourth-order valence-electron chi connectivity index (χ4n) is 3.41. The van der Waals surface area contributed by atoms with Gasteiger partial charge in [0.25, 0.3) is 5.56 Å². The van der Waals surface area contributed by atoms with Crippen LogP contribution in [-0.4, -0.2) is 21.9 Å². The van der Waals surface area contributed by atoms with E-state index in [4.69, 9.17) is 4.98 Å². The summed E-state index contributed by atoms with van der Waals surface area (Å²) in [5.74, 6) is 0.712. The van der Waals surface area contributed by atoms with Crippen molar-refractivity contribution in [2.75, 3.05) is 7.05 Å². The second-order valence-corrected chi connectivity index (χ2v) is 9.08. The van der Waals surface area contributed by atoms with E-state index in [2.05, 4.69) is 55.9 Å². The molecule has 1 atom stereocenters. The minimum atomic E-state index is -0.0589. The van der Waals surface area contributed by atoms with E-state index in [-0.39, 0.29) is 11.6 Å². The summed E-state index contributed by atoms with van der Waals surface area (Å²) in [4.78, 5) is 24.8. The topological polar surface area (TPSA) is 49.0 Å². The van der Waals surface area contributed by atoms with E-state index in [1.165, 1.54) is 28.0 Å². The zero-order valence-electron chi connectivity index (χ0n) is 16.4. The number of fused-ring (bicyclic) bond motifs is 1. The molecule has 3 aromatic heterocycles. The van der Waals surface area contributed by atoms with Crippen LogP contribution in [0.2, 0.25) is 0 Å². The number of nitrogens with one attached hydrogen (secondary N) is 1. The molecular formula is C22H23N3OS2. The van der Waals surface area contributed by atoms with Gasteiger partial charge in [-0.25, -0.2) is 4.98 Å². The molecule has 1 aromatic carbocycles. The first-order valence-electron chi connectivity index (χ1n) is 9.25. The number of hydrogen-bond donors (Lipinski definition) is 1. The van der Waals surface area contributed by atoms with Gasteiger partial charge in [-0.3, -0.25) is 9.69 Å². The van der Waals surface area contributed by atoms with Crippen molar-refractivity contribution in [2.24, 2.45) is 0 Å². The number of nitrogens with zero attached hydrogens (tertiary/aromatic N) is 2. The molecule has 3 heterocycles. The van der Waals surface area contributed by atoms with Gasteiger partial charge in [0.2, 0.25) is 0 Å². The normalized spacial score (nSPS) is 12.8. The van der Waals surface area contributed by atoms with Crippen LogP contribution in [0.5, 0.6) is 0 Å². The van der Waals surface area contributed by atoms with Crippen LogP contribution in [0.15, 0.2) is 45.9 Å². The van der Waals surface area contributed by atoms with Crippen molar-refractivity contribution in [3.8, 4) is 10.4 Å². The predicted octanol–water partition coefficient (Wildman–Crippen LogP) is 5.52. The lowest BCUT2D eigenvalue weighted by Crippen LogP contribution is -2.26. The molecule has 0 bridgehead atoms. The van der Waals surface area contributed by atoms with Gasteiger partial charge >= 0.3 is 0 Å². The smallest absolute Gasteiger partial charge is 0.260 e. The molecule has 144 valence electrons. The van der Waals surface area contributed by atoms with E-state index in [0.717, 1.165) is 21.8 Å². The number of aryl methyl sites for hydroxylation is 2. The zero-order valence-corrected chi connectivity index (χ0v) is 18.1. The molecule has 0 aliphatic rings. The lowest BCUT2D eigenvalue weighted by Gasteiger charge is -2.24. The molecule has 0 amide bonds. The number of benzene rings is 1. The average Bonchev–Trinajstić information content (AvgIpc) is 3.32. The molecule has 1 N–H and O–H groups in total. The molecular weight excluding hydrogens is 386 g/mol. The second kappa shape index (κ2) is 7.62. The van der Waals surface area contributed by atoms with Crippen LogP contribution in [-0.2, 0) is 6.54 Å². The van der Waals surface area contributed by atoms with Crippen LogP contribution >= 0.6 is 22.7 Å². The molecule has 0 saturated heterocycles. The van der Waals surface area contributed by atoms with Crippen molar-refractivity contribution >= 4 is 32.9 Å². The Morgan fingerprint density at radius 1 is 1.21 bits per heavy atom. The molecule has 6 heteroatoms. The number of aromatic amines is 1. The van der Waals surface area contributed by atoms with Gasteiger partial charge in [0.15, 0.2) is 0 Å². The molecule has 0 aliphatic carbocycles. The first kappa shape index (κ1) is 19.1. The van der Waals surface area contributed by atoms with Crippen LogP contribution in [0.3, 0.4) is 0 Å². The van der Waals surface area contributed by atoms with Crippen LogP contribution in [0.4, 0.5) is 0 Å². The zero-order chi connectivity index (χ0) is 19.8. The van der Waals surface area contributed by atoms with E-state index < -0.39 is 0 Å². The summed E-state index contributed by atoms with van der Waals surface area (Å²) in [6.07, 6.45) is 0. The van der Waals surface area contributed by atoms with Crippen LogP contribution in [0, 0.1) is 13.8 Å². The van der Waals surface area contributed by atoms with Crippen LogP contribution in [0.1, 0.15) is 35.5 Å². The second-order valence-electron chi connectivity index (χ2n) is 7.28. The molecule has 0 fully saturated rings. The summed E-state index contributed by atoms with van der Waals surface area (Å²) in [7, 11) is 2.07. The summed E-state index contributed by atoms with van der Waals surface area (Å²) < 4.78 is 0. The fraction of sp³-hybridized carbons (Fsp3) is 0.273. The Balaban J connectivity index is 1.64. The monoisotopic (exact) mass is 409 g/mol. The van der Waals surface area contributed by atoms with Crippen molar-refractivity contribution in [1.29, 1.82) is 0 Å². The number of rotatable bonds is 5. The largest absolute Gasteiger partial charge is 0.309 e. The Hall–Kier alpha value is -2.28. The summed E-state index contributed by atoms with van der Waals surface area (Å²) >= 11 is 3.18. The molecule has 0 spiro atoms. The Labute approximate surface area is 172 Å². The van der Waals surface area contributed by atoms with Crippen molar-refractivity contribution in [3.05, 3.63) is 74.0 Å². The van der Waals surface area contributed by atoms with E-state index in [1.54, 1.807) is 11.3 Å². The summed E-state index contributed by atoms with van der Waals surface area (Å²) in [6.45, 7) is 7.14. The summed E-state index contributed by atoms with van der Waals surface area (Å²) in [6, 6.07) is 10.6. The van der Waals surface area contributed by atoms with E-state index in [9.17, 15) is 4.79 Å². The highest BCUT2D eigenvalue weighted by Crippen LogP contribution is 2.34. The molecule has 4 aromatic rings. The van der Waals surface area contributed by atoms with E-state index in [0.29, 0.717) is 11.2 Å². The van der Waals surface area contributed by atoms with Gasteiger partial charge in [0.1, 0.15) is 10.7 Å². The van der Waals surface area contributed by atoms with Crippen LogP contribution < -0.4 is 5.56 Å². The standard InChI is InChI=1S/C22H23N3OS2/c1-13-7-8-16(14(2)10-13)11-25(4)15(3)20-23-21(26)19-17(12-28-22(19)24-20)18-6-5-9-27-18/h5-10,12,15H,11H2,1-4H3,(H,23,24,26)/t15-/m0/s1. The van der Waals surface area contributed by atoms with Crippen molar-refractivity contribution < 1.29 is 0 Å². The lowest BCUT2D eigenvalue weighted by atomic mass is 10.0. The third-order valence-electron chi connectivity index (χ3n) is 5.22. The highest BCUT2D eigenvalue weighted by molar-refractivity contribution is 7.18. The molecule has 4 nitrogen and oxygen atoms in total. The molecule has 0 aliphatic heterocycles.